The van der Waals surface area contributed by atoms with Gasteiger partial charge in [-0.15, -0.1) is 6.58 Å². The Morgan fingerprint density at radius 3 is 3.11 bits per heavy atom. The number of hydrogen-bond acceptors (Lipinski definition) is 4. The minimum Gasteiger partial charge on any atom is -0.480 e. The topological polar surface area (TPSA) is 70.7 Å². The molecule has 0 aliphatic carbocycles. The van der Waals surface area contributed by atoms with E-state index in [0.717, 1.165) is 11.2 Å². The highest BCUT2D eigenvalue weighted by Gasteiger charge is 2.14. The van der Waals surface area contributed by atoms with E-state index < -0.39 is 5.97 Å². The predicted octanol–water partition coefficient (Wildman–Crippen LogP) is 1.11. The van der Waals surface area contributed by atoms with Crippen LogP contribution < -0.4 is 4.90 Å². The van der Waals surface area contributed by atoms with Gasteiger partial charge in [-0.25, -0.2) is 9.50 Å². The molecule has 0 aliphatic heterocycles. The van der Waals surface area contributed by atoms with Crippen molar-refractivity contribution in [2.75, 3.05) is 18.0 Å². The Bertz CT molecular complexity index is 591. The number of aliphatic carboxylic acids is 1. The molecule has 0 bridgehead atoms. The molecule has 0 aliphatic rings. The van der Waals surface area contributed by atoms with Crippen LogP contribution in [0.3, 0.4) is 0 Å². The highest BCUT2D eigenvalue weighted by atomic mass is 16.4. The quantitative estimate of drug-likeness (QED) is 0.800. The van der Waals surface area contributed by atoms with Crippen molar-refractivity contribution >= 4 is 17.3 Å². The van der Waals surface area contributed by atoms with Crippen LogP contribution in [0.15, 0.2) is 31.1 Å². The summed E-state index contributed by atoms with van der Waals surface area (Å²) in [5.74, 6) is -0.308. The number of carboxylic acids is 1. The van der Waals surface area contributed by atoms with Crippen molar-refractivity contribution in [3.8, 4) is 0 Å². The van der Waals surface area contributed by atoms with Gasteiger partial charge < -0.3 is 10.0 Å². The summed E-state index contributed by atoms with van der Waals surface area (Å²) >= 11 is 0. The second-order valence-electron chi connectivity index (χ2n) is 3.93. The Labute approximate surface area is 104 Å². The maximum Gasteiger partial charge on any atom is 0.323 e. The maximum absolute atomic E-state index is 10.9. The van der Waals surface area contributed by atoms with Gasteiger partial charge >= 0.3 is 5.97 Å². The first-order valence-corrected chi connectivity index (χ1v) is 5.50. The minimum absolute atomic E-state index is 0.122. The van der Waals surface area contributed by atoms with E-state index in [2.05, 4.69) is 16.7 Å². The molecule has 1 N–H and O–H groups in total. The Kier molecular flexibility index (Phi) is 3.27. The number of anilines is 1. The van der Waals surface area contributed by atoms with E-state index in [1.54, 1.807) is 27.9 Å². The lowest BCUT2D eigenvalue weighted by Gasteiger charge is -2.20. The number of nitrogens with zero attached hydrogens (tertiary/aromatic N) is 4. The van der Waals surface area contributed by atoms with Crippen molar-refractivity contribution < 1.29 is 9.90 Å². The third-order valence-electron chi connectivity index (χ3n) is 2.47. The number of fused-ring (bicyclic) bond motifs is 1. The summed E-state index contributed by atoms with van der Waals surface area (Å²) in [4.78, 5) is 16.8. The van der Waals surface area contributed by atoms with Crippen LogP contribution >= 0.6 is 0 Å². The van der Waals surface area contributed by atoms with Crippen molar-refractivity contribution in [2.24, 2.45) is 0 Å². The molecule has 0 saturated heterocycles. The van der Waals surface area contributed by atoms with Gasteiger partial charge in [0.2, 0.25) is 0 Å². The summed E-state index contributed by atoms with van der Waals surface area (Å²) in [5.41, 5.74) is 1.65. The Morgan fingerprint density at radius 2 is 2.44 bits per heavy atom. The van der Waals surface area contributed by atoms with Crippen LogP contribution in [0.2, 0.25) is 0 Å². The van der Waals surface area contributed by atoms with Gasteiger partial charge in [-0.05, 0) is 13.0 Å². The van der Waals surface area contributed by atoms with Crippen LogP contribution in [-0.4, -0.2) is 38.8 Å². The maximum atomic E-state index is 10.9. The lowest BCUT2D eigenvalue weighted by atomic mass is 10.3. The zero-order valence-electron chi connectivity index (χ0n) is 10.1. The number of hydrogen-bond donors (Lipinski definition) is 1. The summed E-state index contributed by atoms with van der Waals surface area (Å²) in [6.07, 6.45) is 4.99. The third-order valence-corrected chi connectivity index (χ3v) is 2.47. The molecule has 0 unspecified atom stereocenters. The Morgan fingerprint density at radius 1 is 1.67 bits per heavy atom. The van der Waals surface area contributed by atoms with Crippen molar-refractivity contribution in [3.05, 3.63) is 36.8 Å². The monoisotopic (exact) mass is 246 g/mol. The second-order valence-corrected chi connectivity index (χ2v) is 3.93. The van der Waals surface area contributed by atoms with Gasteiger partial charge in [0.15, 0.2) is 5.82 Å². The number of carbonyl (C=O) groups is 1. The molecule has 6 heteroatoms. The molecular weight excluding hydrogens is 232 g/mol. The van der Waals surface area contributed by atoms with E-state index >= 15 is 0 Å². The van der Waals surface area contributed by atoms with Crippen LogP contribution in [0.25, 0.3) is 5.52 Å². The molecule has 0 aromatic carbocycles. The molecule has 2 heterocycles. The fraction of sp³-hybridized carbons (Fsp3) is 0.250. The van der Waals surface area contributed by atoms with E-state index in [4.69, 9.17) is 5.11 Å². The molecule has 0 saturated carbocycles. The van der Waals surface area contributed by atoms with Gasteiger partial charge in [0.25, 0.3) is 0 Å². The summed E-state index contributed by atoms with van der Waals surface area (Å²) in [6.45, 7) is 5.81. The molecule has 0 amide bonds. The lowest BCUT2D eigenvalue weighted by molar-refractivity contribution is -0.135. The first kappa shape index (κ1) is 12.1. The molecule has 2 rings (SSSR count). The average molecular weight is 246 g/mol. The zero-order valence-corrected chi connectivity index (χ0v) is 10.1. The SMILES string of the molecule is C=CCN(CC(=O)O)c1nccn2nc(C)cc12. The molecule has 2 aromatic heterocycles. The van der Waals surface area contributed by atoms with Crippen LogP contribution in [0.4, 0.5) is 5.82 Å². The van der Waals surface area contributed by atoms with E-state index in [0.29, 0.717) is 12.4 Å². The van der Waals surface area contributed by atoms with E-state index in [-0.39, 0.29) is 6.54 Å². The van der Waals surface area contributed by atoms with E-state index in [9.17, 15) is 4.79 Å². The standard InChI is InChI=1S/C12H14N4O2/c1-3-5-15(8-11(17)18)12-10-7-9(2)14-16(10)6-4-13-12/h3-4,6-7H,1,5,8H2,2H3,(H,17,18). The second kappa shape index (κ2) is 4.87. The van der Waals surface area contributed by atoms with Gasteiger partial charge in [0.05, 0.1) is 5.69 Å². The van der Waals surface area contributed by atoms with Crippen molar-refractivity contribution in [3.63, 3.8) is 0 Å². The highest BCUT2D eigenvalue weighted by Crippen LogP contribution is 2.19. The number of carboxylic acid groups (broad SMARTS) is 1. The van der Waals surface area contributed by atoms with Gasteiger partial charge in [-0.1, -0.05) is 6.08 Å². The normalized spacial score (nSPS) is 10.5. The first-order chi connectivity index (χ1) is 8.61. The van der Waals surface area contributed by atoms with Crippen molar-refractivity contribution in [1.82, 2.24) is 14.6 Å². The fourth-order valence-electron chi connectivity index (χ4n) is 1.82. The molecule has 0 radical (unpaired) electrons. The van der Waals surface area contributed by atoms with Gasteiger partial charge in [-0.2, -0.15) is 5.10 Å². The van der Waals surface area contributed by atoms with Gasteiger partial charge in [-0.3, -0.25) is 4.79 Å². The zero-order chi connectivity index (χ0) is 13.1. The number of rotatable bonds is 5. The first-order valence-electron chi connectivity index (χ1n) is 5.50. The fourth-order valence-corrected chi connectivity index (χ4v) is 1.82. The van der Waals surface area contributed by atoms with Crippen LogP contribution in [-0.2, 0) is 4.79 Å². The Hall–Kier alpha value is -2.37. The summed E-state index contributed by atoms with van der Waals surface area (Å²) < 4.78 is 1.69. The molecule has 6 nitrogen and oxygen atoms in total. The molecule has 2 aromatic rings. The third kappa shape index (κ3) is 2.32. The van der Waals surface area contributed by atoms with Crippen molar-refractivity contribution in [1.29, 1.82) is 0 Å². The van der Waals surface area contributed by atoms with Crippen LogP contribution in [0.1, 0.15) is 5.69 Å². The summed E-state index contributed by atoms with van der Waals surface area (Å²) in [6, 6.07) is 1.88. The highest BCUT2D eigenvalue weighted by molar-refractivity contribution is 5.77. The Balaban J connectivity index is 2.48. The van der Waals surface area contributed by atoms with E-state index in [1.807, 2.05) is 13.0 Å². The van der Waals surface area contributed by atoms with Crippen molar-refractivity contribution in [2.45, 2.75) is 6.92 Å². The average Bonchev–Trinajstić information content (AvgIpc) is 2.67. The van der Waals surface area contributed by atoms with Gasteiger partial charge in [0, 0.05) is 18.9 Å². The lowest BCUT2D eigenvalue weighted by Crippen LogP contribution is -2.30. The molecule has 0 atom stereocenters. The minimum atomic E-state index is -0.906. The predicted molar refractivity (Wildman–Crippen MR) is 67.8 cm³/mol. The molecule has 0 spiro atoms. The number of aromatic nitrogens is 3. The van der Waals surface area contributed by atoms with Crippen LogP contribution in [0, 0.1) is 6.92 Å². The summed E-state index contributed by atoms with van der Waals surface area (Å²) in [7, 11) is 0. The van der Waals surface area contributed by atoms with E-state index in [1.165, 1.54) is 0 Å². The molecular formula is C12H14N4O2. The molecule has 94 valence electrons. The molecule has 0 fully saturated rings. The summed E-state index contributed by atoms with van der Waals surface area (Å²) in [5, 5.41) is 13.2. The van der Waals surface area contributed by atoms with Crippen LogP contribution in [0.5, 0.6) is 0 Å². The van der Waals surface area contributed by atoms with Gasteiger partial charge in [0.1, 0.15) is 12.1 Å². The smallest absolute Gasteiger partial charge is 0.323 e. The molecule has 18 heavy (non-hydrogen) atoms. The number of aryl methyl sites for hydroxylation is 1. The largest absolute Gasteiger partial charge is 0.480 e.